The number of nitrogens with one attached hydrogen (secondary N) is 1. The fourth-order valence-corrected chi connectivity index (χ4v) is 2.56. The number of hydrogen-bond acceptors (Lipinski definition) is 4. The van der Waals surface area contributed by atoms with Gasteiger partial charge in [-0.1, -0.05) is 15.9 Å². The summed E-state index contributed by atoms with van der Waals surface area (Å²) in [5.41, 5.74) is 12.3. The number of nitrogens with zero attached hydrogens (tertiary/aromatic N) is 1. The molecule has 2 rings (SSSR count). The summed E-state index contributed by atoms with van der Waals surface area (Å²) in [4.78, 5) is 24.1. The largest absolute Gasteiger partial charge is 0.368 e. The van der Waals surface area contributed by atoms with E-state index in [2.05, 4.69) is 21.2 Å². The van der Waals surface area contributed by atoms with E-state index in [0.717, 1.165) is 15.7 Å². The summed E-state index contributed by atoms with van der Waals surface area (Å²) < 4.78 is 0.942. The Morgan fingerprint density at radius 1 is 1.24 bits per heavy atom. The molecule has 2 amide bonds. The summed E-state index contributed by atoms with van der Waals surface area (Å²) in [7, 11) is 0. The van der Waals surface area contributed by atoms with E-state index in [9.17, 15) is 9.59 Å². The monoisotopic (exact) mass is 354 g/mol. The molecular weight excluding hydrogens is 336 g/mol. The molecule has 0 aromatic heterocycles. The molecule has 0 heterocycles. The van der Waals surface area contributed by atoms with Crippen LogP contribution in [0.2, 0.25) is 0 Å². The van der Waals surface area contributed by atoms with Crippen molar-refractivity contribution in [3.05, 3.63) is 28.2 Å². The van der Waals surface area contributed by atoms with Gasteiger partial charge in [0.05, 0.1) is 13.1 Å². The Labute approximate surface area is 132 Å². The number of hydrogen-bond donors (Lipinski definition) is 3. The van der Waals surface area contributed by atoms with Gasteiger partial charge in [-0.15, -0.1) is 0 Å². The lowest BCUT2D eigenvalue weighted by molar-refractivity contribution is -0.117. The molecule has 1 aromatic carbocycles. The van der Waals surface area contributed by atoms with Crippen molar-refractivity contribution in [1.29, 1.82) is 0 Å². The van der Waals surface area contributed by atoms with Gasteiger partial charge < -0.3 is 21.7 Å². The zero-order valence-electron chi connectivity index (χ0n) is 11.6. The first-order chi connectivity index (χ1) is 9.95. The normalized spacial score (nSPS) is 14.0. The molecule has 7 heteroatoms. The highest BCUT2D eigenvalue weighted by molar-refractivity contribution is 9.10. The van der Waals surface area contributed by atoms with E-state index in [1.165, 1.54) is 12.8 Å². The number of halogens is 1. The number of anilines is 1. The molecule has 0 spiro atoms. The van der Waals surface area contributed by atoms with Gasteiger partial charge in [-0.05, 0) is 36.6 Å². The Bertz CT molecular complexity index is 530. The maximum Gasteiger partial charge on any atom is 0.236 e. The van der Waals surface area contributed by atoms with Crippen molar-refractivity contribution in [3.8, 4) is 0 Å². The van der Waals surface area contributed by atoms with Crippen LogP contribution in [-0.4, -0.2) is 30.9 Å². The minimum atomic E-state index is -0.500. The molecule has 5 N–H and O–H groups in total. The summed E-state index contributed by atoms with van der Waals surface area (Å²) in [5, 5.41) is 3.42. The van der Waals surface area contributed by atoms with E-state index in [4.69, 9.17) is 11.5 Å². The number of carbonyl (C=O) groups is 2. The SMILES string of the molecule is NC(=O)CN(CC(N)=O)c1ccc(Br)cc1CNC1CC1. The summed E-state index contributed by atoms with van der Waals surface area (Å²) in [6.07, 6.45) is 2.38. The second-order valence-corrected chi connectivity index (χ2v) is 6.13. The Morgan fingerprint density at radius 3 is 2.38 bits per heavy atom. The van der Waals surface area contributed by atoms with Gasteiger partial charge in [0.2, 0.25) is 11.8 Å². The third-order valence-electron chi connectivity index (χ3n) is 3.23. The Balaban J connectivity index is 2.22. The highest BCUT2D eigenvalue weighted by atomic mass is 79.9. The van der Waals surface area contributed by atoms with Gasteiger partial charge in [-0.2, -0.15) is 0 Å². The molecule has 114 valence electrons. The highest BCUT2D eigenvalue weighted by Crippen LogP contribution is 2.26. The number of amides is 2. The standard InChI is InChI=1S/C14H19BrN4O2/c15-10-1-4-12(9(5-10)6-18-11-2-3-11)19(7-13(16)20)8-14(17)21/h1,4-5,11,18H,2-3,6-8H2,(H2,16,20)(H2,17,21). The first-order valence-corrected chi connectivity index (χ1v) is 7.58. The van der Waals surface area contributed by atoms with Crippen LogP contribution in [-0.2, 0) is 16.1 Å². The van der Waals surface area contributed by atoms with Gasteiger partial charge in [0.25, 0.3) is 0 Å². The molecule has 6 nitrogen and oxygen atoms in total. The average Bonchev–Trinajstić information content (AvgIpc) is 3.18. The topological polar surface area (TPSA) is 101 Å². The van der Waals surface area contributed by atoms with Crippen molar-refractivity contribution >= 4 is 33.4 Å². The predicted octanol–water partition coefficient (Wildman–Crippen LogP) is 0.478. The van der Waals surface area contributed by atoms with Gasteiger partial charge in [0, 0.05) is 22.7 Å². The van der Waals surface area contributed by atoms with Gasteiger partial charge in [-0.25, -0.2) is 0 Å². The fraction of sp³-hybridized carbons (Fsp3) is 0.429. The van der Waals surface area contributed by atoms with Crippen molar-refractivity contribution in [2.45, 2.75) is 25.4 Å². The maximum absolute atomic E-state index is 11.2. The second-order valence-electron chi connectivity index (χ2n) is 5.22. The van der Waals surface area contributed by atoms with Gasteiger partial charge >= 0.3 is 0 Å². The number of rotatable bonds is 8. The Hall–Kier alpha value is -1.60. The zero-order chi connectivity index (χ0) is 15.4. The van der Waals surface area contributed by atoms with Crippen molar-refractivity contribution in [2.24, 2.45) is 11.5 Å². The van der Waals surface area contributed by atoms with E-state index < -0.39 is 11.8 Å². The molecular formula is C14H19BrN4O2. The summed E-state index contributed by atoms with van der Waals surface area (Å²) in [5.74, 6) is -0.999. The van der Waals surface area contributed by atoms with Crippen molar-refractivity contribution < 1.29 is 9.59 Å². The molecule has 0 saturated heterocycles. The molecule has 1 aliphatic carbocycles. The second kappa shape index (κ2) is 6.91. The smallest absolute Gasteiger partial charge is 0.236 e. The summed E-state index contributed by atoms with van der Waals surface area (Å²) >= 11 is 3.44. The van der Waals surface area contributed by atoms with E-state index in [-0.39, 0.29) is 13.1 Å². The van der Waals surface area contributed by atoms with E-state index in [0.29, 0.717) is 12.6 Å². The van der Waals surface area contributed by atoms with Crippen LogP contribution in [0.25, 0.3) is 0 Å². The van der Waals surface area contributed by atoms with Crippen LogP contribution < -0.4 is 21.7 Å². The third-order valence-corrected chi connectivity index (χ3v) is 3.73. The van der Waals surface area contributed by atoms with Crippen LogP contribution in [0.4, 0.5) is 5.69 Å². The van der Waals surface area contributed by atoms with Gasteiger partial charge in [-0.3, -0.25) is 9.59 Å². The summed E-state index contributed by atoms with van der Waals surface area (Å²) in [6, 6.07) is 6.27. The lowest BCUT2D eigenvalue weighted by atomic mass is 10.1. The van der Waals surface area contributed by atoms with Crippen molar-refractivity contribution in [2.75, 3.05) is 18.0 Å². The van der Waals surface area contributed by atoms with Crippen LogP contribution in [0.3, 0.4) is 0 Å². The third kappa shape index (κ3) is 5.02. The molecule has 1 fully saturated rings. The molecule has 0 bridgehead atoms. The minimum absolute atomic E-state index is 0.0407. The summed E-state index contributed by atoms with van der Waals surface area (Å²) in [6.45, 7) is 0.593. The maximum atomic E-state index is 11.2. The Kier molecular flexibility index (Phi) is 5.19. The minimum Gasteiger partial charge on any atom is -0.368 e. The van der Waals surface area contributed by atoms with Gasteiger partial charge in [0.1, 0.15) is 0 Å². The van der Waals surface area contributed by atoms with Crippen molar-refractivity contribution in [3.63, 3.8) is 0 Å². The molecule has 1 saturated carbocycles. The van der Waals surface area contributed by atoms with E-state index in [1.807, 2.05) is 18.2 Å². The Morgan fingerprint density at radius 2 is 1.86 bits per heavy atom. The van der Waals surface area contributed by atoms with E-state index in [1.54, 1.807) is 4.90 Å². The molecule has 0 unspecified atom stereocenters. The molecule has 1 aromatic rings. The number of primary amides is 2. The fourth-order valence-electron chi connectivity index (χ4n) is 2.15. The highest BCUT2D eigenvalue weighted by Gasteiger charge is 2.22. The van der Waals surface area contributed by atoms with Crippen LogP contribution in [0.15, 0.2) is 22.7 Å². The molecule has 0 radical (unpaired) electrons. The average molecular weight is 355 g/mol. The number of nitrogens with two attached hydrogens (primary N) is 2. The van der Waals surface area contributed by atoms with Crippen LogP contribution in [0.5, 0.6) is 0 Å². The lowest BCUT2D eigenvalue weighted by Crippen LogP contribution is -2.40. The number of carbonyl (C=O) groups excluding carboxylic acids is 2. The lowest BCUT2D eigenvalue weighted by Gasteiger charge is -2.25. The molecule has 0 aliphatic heterocycles. The van der Waals surface area contributed by atoms with Crippen molar-refractivity contribution in [1.82, 2.24) is 5.32 Å². The van der Waals surface area contributed by atoms with Gasteiger partial charge in [0.15, 0.2) is 0 Å². The molecule has 1 aliphatic rings. The van der Waals surface area contributed by atoms with E-state index >= 15 is 0 Å². The zero-order valence-corrected chi connectivity index (χ0v) is 13.2. The van der Waals surface area contributed by atoms with Crippen LogP contribution in [0, 0.1) is 0 Å². The van der Waals surface area contributed by atoms with Crippen LogP contribution in [0.1, 0.15) is 18.4 Å². The predicted molar refractivity (Wildman–Crippen MR) is 84.6 cm³/mol. The molecule has 21 heavy (non-hydrogen) atoms. The number of benzene rings is 1. The molecule has 0 atom stereocenters. The first-order valence-electron chi connectivity index (χ1n) is 6.79. The quantitative estimate of drug-likeness (QED) is 0.631. The first kappa shape index (κ1) is 15.8. The van der Waals surface area contributed by atoms with Crippen LogP contribution >= 0.6 is 15.9 Å².